The minimum atomic E-state index is -0.321. The zero-order valence-corrected chi connectivity index (χ0v) is 22.0. The van der Waals surface area contributed by atoms with E-state index in [1.54, 1.807) is 0 Å². The van der Waals surface area contributed by atoms with Crippen molar-refractivity contribution >= 4 is 11.7 Å². The Kier molecular flexibility index (Phi) is 9.14. The molecule has 1 aliphatic rings. The number of pyridine rings is 1. The second-order valence-corrected chi connectivity index (χ2v) is 10.5. The molecule has 3 rings (SSSR count). The highest BCUT2D eigenvalue weighted by Crippen LogP contribution is 2.30. The van der Waals surface area contributed by atoms with Crippen LogP contribution in [0.1, 0.15) is 63.8 Å². The molecule has 35 heavy (non-hydrogen) atoms. The molecule has 0 saturated carbocycles. The summed E-state index contributed by atoms with van der Waals surface area (Å²) in [5.74, 6) is 1.87. The van der Waals surface area contributed by atoms with Crippen LogP contribution in [0.25, 0.3) is 0 Å². The maximum absolute atomic E-state index is 13.1. The highest BCUT2D eigenvalue weighted by molar-refractivity contribution is 5.78. The number of nitrogens with two attached hydrogens (primary N) is 1. The largest absolute Gasteiger partial charge is 0.493 e. The molecule has 1 aromatic heterocycles. The van der Waals surface area contributed by atoms with Crippen molar-refractivity contribution < 1.29 is 14.3 Å². The average molecular weight is 483 g/mol. The van der Waals surface area contributed by atoms with Crippen LogP contribution in [0.2, 0.25) is 0 Å². The Bertz CT molecular complexity index is 990. The molecule has 3 N–H and O–H groups in total. The topological polar surface area (TPSA) is 89.7 Å². The molecule has 2 heterocycles. The number of hydrogen-bond acceptors (Lipinski definition) is 6. The van der Waals surface area contributed by atoms with Gasteiger partial charge in [-0.3, -0.25) is 4.79 Å². The quantitative estimate of drug-likeness (QED) is 0.468. The molecule has 192 valence electrons. The lowest BCUT2D eigenvalue weighted by atomic mass is 9.96. The van der Waals surface area contributed by atoms with E-state index in [-0.39, 0.29) is 17.0 Å². The molecule has 1 aromatic carbocycles. The molecule has 1 amide bonds. The molecule has 0 aliphatic carbocycles. The van der Waals surface area contributed by atoms with Gasteiger partial charge in [0.15, 0.2) is 0 Å². The highest BCUT2D eigenvalue weighted by atomic mass is 16.5. The number of aryl methyl sites for hydroxylation is 1. The maximum atomic E-state index is 13.1. The summed E-state index contributed by atoms with van der Waals surface area (Å²) in [5.41, 5.74) is 8.49. The summed E-state index contributed by atoms with van der Waals surface area (Å²) in [5, 5.41) is 3.06. The molecule has 0 saturated heterocycles. The van der Waals surface area contributed by atoms with Crippen molar-refractivity contribution in [3.8, 4) is 5.75 Å². The van der Waals surface area contributed by atoms with Crippen molar-refractivity contribution in [2.24, 2.45) is 5.73 Å². The number of rotatable bonds is 12. The van der Waals surface area contributed by atoms with Crippen molar-refractivity contribution in [3.63, 3.8) is 0 Å². The van der Waals surface area contributed by atoms with E-state index >= 15 is 0 Å². The standard InChI is InChI=1S/C28H42N4O3/c1-27(2,15-18-35-28(3,4)14-16-29)32-20-22-19-24(11-9-21(22)10-12-26(32)33)34-17-13-23-7-6-8-25(30-5)31-23/h6-9,11,19H,10,12-18,20,29H2,1-5H3,(H,30,31). The number of ether oxygens (including phenoxy) is 2. The average Bonchev–Trinajstić information content (AvgIpc) is 2.98. The van der Waals surface area contributed by atoms with E-state index in [4.69, 9.17) is 15.2 Å². The number of benzene rings is 1. The van der Waals surface area contributed by atoms with E-state index < -0.39 is 0 Å². The van der Waals surface area contributed by atoms with Gasteiger partial charge in [-0.15, -0.1) is 0 Å². The molecular formula is C28H42N4O3. The smallest absolute Gasteiger partial charge is 0.223 e. The molecule has 0 spiro atoms. The molecule has 0 fully saturated rings. The Labute approximate surface area is 210 Å². The fourth-order valence-electron chi connectivity index (χ4n) is 4.43. The van der Waals surface area contributed by atoms with Gasteiger partial charge < -0.3 is 25.4 Å². The van der Waals surface area contributed by atoms with Gasteiger partial charge in [-0.1, -0.05) is 12.1 Å². The molecule has 1 aliphatic heterocycles. The first-order valence-corrected chi connectivity index (χ1v) is 12.7. The first kappa shape index (κ1) is 27.0. The van der Waals surface area contributed by atoms with Crippen LogP contribution in [0.4, 0.5) is 5.82 Å². The van der Waals surface area contributed by atoms with E-state index in [0.717, 1.165) is 48.5 Å². The van der Waals surface area contributed by atoms with Crippen LogP contribution < -0.4 is 15.8 Å². The fourth-order valence-corrected chi connectivity index (χ4v) is 4.43. The molecule has 0 unspecified atom stereocenters. The molecule has 0 bridgehead atoms. The fraction of sp³-hybridized carbons (Fsp3) is 0.571. The van der Waals surface area contributed by atoms with Gasteiger partial charge in [0, 0.05) is 44.3 Å². The summed E-state index contributed by atoms with van der Waals surface area (Å²) in [6.45, 7) is 10.7. The SMILES string of the molecule is CNc1cccc(CCOc2ccc3c(c2)CN(C(C)(C)CCOC(C)(C)CCN)C(=O)CC3)n1. The lowest BCUT2D eigenvalue weighted by Crippen LogP contribution is -2.47. The number of nitrogens with one attached hydrogen (secondary N) is 1. The van der Waals surface area contributed by atoms with E-state index in [1.165, 1.54) is 5.56 Å². The third-order valence-corrected chi connectivity index (χ3v) is 6.79. The number of amides is 1. The van der Waals surface area contributed by atoms with Gasteiger partial charge in [-0.2, -0.15) is 0 Å². The summed E-state index contributed by atoms with van der Waals surface area (Å²) >= 11 is 0. The van der Waals surface area contributed by atoms with Crippen LogP contribution in [0.5, 0.6) is 5.75 Å². The summed E-state index contributed by atoms with van der Waals surface area (Å²) in [4.78, 5) is 19.6. The number of anilines is 1. The normalized spacial score (nSPS) is 14.5. The van der Waals surface area contributed by atoms with Crippen LogP contribution in [0.15, 0.2) is 36.4 Å². The Morgan fingerprint density at radius 1 is 1.06 bits per heavy atom. The van der Waals surface area contributed by atoms with Gasteiger partial charge >= 0.3 is 0 Å². The van der Waals surface area contributed by atoms with E-state index in [0.29, 0.717) is 32.7 Å². The molecule has 0 atom stereocenters. The number of aromatic nitrogens is 1. The zero-order chi connectivity index (χ0) is 25.5. The Balaban J connectivity index is 1.63. The van der Waals surface area contributed by atoms with Crippen LogP contribution in [0.3, 0.4) is 0 Å². The molecule has 7 nitrogen and oxygen atoms in total. The number of fused-ring (bicyclic) bond motifs is 1. The Hall–Kier alpha value is -2.64. The minimum Gasteiger partial charge on any atom is -0.493 e. The van der Waals surface area contributed by atoms with Crippen molar-refractivity contribution in [1.82, 2.24) is 9.88 Å². The first-order valence-electron chi connectivity index (χ1n) is 12.7. The first-order chi connectivity index (χ1) is 16.6. The van der Waals surface area contributed by atoms with Gasteiger partial charge in [0.25, 0.3) is 0 Å². The summed E-state index contributed by atoms with van der Waals surface area (Å²) in [6, 6.07) is 12.2. The van der Waals surface area contributed by atoms with Gasteiger partial charge in [0.05, 0.1) is 12.2 Å². The van der Waals surface area contributed by atoms with Crippen molar-refractivity contribution in [2.75, 3.05) is 32.1 Å². The van der Waals surface area contributed by atoms with Crippen molar-refractivity contribution in [3.05, 3.63) is 53.2 Å². The van der Waals surface area contributed by atoms with Crippen LogP contribution in [0, 0.1) is 0 Å². The maximum Gasteiger partial charge on any atom is 0.223 e. The predicted molar refractivity (Wildman–Crippen MR) is 141 cm³/mol. The molecule has 2 aromatic rings. The number of nitrogens with zero attached hydrogens (tertiary/aromatic N) is 2. The summed E-state index contributed by atoms with van der Waals surface area (Å²) in [7, 11) is 1.86. The third-order valence-electron chi connectivity index (χ3n) is 6.79. The van der Waals surface area contributed by atoms with E-state index in [1.807, 2.05) is 36.2 Å². The molecule has 0 radical (unpaired) electrons. The Morgan fingerprint density at radius 2 is 1.86 bits per heavy atom. The minimum absolute atomic E-state index is 0.186. The second-order valence-electron chi connectivity index (χ2n) is 10.5. The highest BCUT2D eigenvalue weighted by Gasteiger charge is 2.33. The van der Waals surface area contributed by atoms with Crippen LogP contribution >= 0.6 is 0 Å². The van der Waals surface area contributed by atoms with Gasteiger partial charge in [0.1, 0.15) is 11.6 Å². The third kappa shape index (κ3) is 7.67. The molecular weight excluding hydrogens is 440 g/mol. The van der Waals surface area contributed by atoms with Crippen LogP contribution in [-0.2, 0) is 28.9 Å². The lowest BCUT2D eigenvalue weighted by Gasteiger charge is -2.39. The monoisotopic (exact) mass is 482 g/mol. The summed E-state index contributed by atoms with van der Waals surface area (Å²) in [6.07, 6.45) is 3.57. The van der Waals surface area contributed by atoms with Gasteiger partial charge in [-0.05, 0) is 88.9 Å². The zero-order valence-electron chi connectivity index (χ0n) is 22.0. The number of carbonyl (C=O) groups excluding carboxylic acids is 1. The Morgan fingerprint density at radius 3 is 2.60 bits per heavy atom. The van der Waals surface area contributed by atoms with Crippen LogP contribution in [-0.4, -0.2) is 53.7 Å². The molecule has 7 heteroatoms. The van der Waals surface area contributed by atoms with Gasteiger partial charge in [-0.25, -0.2) is 4.98 Å². The van der Waals surface area contributed by atoms with E-state index in [9.17, 15) is 4.79 Å². The van der Waals surface area contributed by atoms with Crippen molar-refractivity contribution in [2.45, 2.75) is 77.5 Å². The number of carbonyl (C=O) groups is 1. The van der Waals surface area contributed by atoms with Gasteiger partial charge in [0.2, 0.25) is 5.91 Å². The number of hydrogen-bond donors (Lipinski definition) is 2. The van der Waals surface area contributed by atoms with E-state index in [2.05, 4.69) is 50.1 Å². The van der Waals surface area contributed by atoms with Crippen molar-refractivity contribution in [1.29, 1.82) is 0 Å². The summed E-state index contributed by atoms with van der Waals surface area (Å²) < 4.78 is 12.2. The second kappa shape index (κ2) is 11.9. The predicted octanol–water partition coefficient (Wildman–Crippen LogP) is 4.33. The lowest BCUT2D eigenvalue weighted by molar-refractivity contribution is -0.138.